The van der Waals surface area contributed by atoms with Crippen molar-refractivity contribution >= 4 is 17.6 Å². The summed E-state index contributed by atoms with van der Waals surface area (Å²) in [6.45, 7) is 3.76. The van der Waals surface area contributed by atoms with Crippen molar-refractivity contribution < 1.29 is 24.0 Å². The summed E-state index contributed by atoms with van der Waals surface area (Å²) in [5.74, 6) is -3.56. The highest BCUT2D eigenvalue weighted by Crippen LogP contribution is 2.55. The molecule has 0 N–H and O–H groups in total. The highest BCUT2D eigenvalue weighted by atomic mass is 16.6. The molecule has 25 heavy (non-hydrogen) atoms. The molecule has 1 aromatic carbocycles. The van der Waals surface area contributed by atoms with Gasteiger partial charge in [-0.05, 0) is 19.4 Å². The van der Waals surface area contributed by atoms with Gasteiger partial charge in [-0.2, -0.15) is 0 Å². The molecule has 7 heteroatoms. The van der Waals surface area contributed by atoms with Gasteiger partial charge in [0.1, 0.15) is 0 Å². The zero-order valence-electron chi connectivity index (χ0n) is 14.0. The number of carbonyl (C=O) groups excluding carboxylic acids is 2. The SMILES string of the molecule is CCOC(=O)C1C2C=CC(c3c2cccc3[N+](=O)[O-])C1C(=O)OCC. The molecule has 0 radical (unpaired) electrons. The van der Waals surface area contributed by atoms with Gasteiger partial charge in [-0.15, -0.1) is 0 Å². The normalized spacial score (nSPS) is 26.0. The Morgan fingerprint density at radius 2 is 1.60 bits per heavy atom. The molecular formula is C18H19NO6. The smallest absolute Gasteiger partial charge is 0.310 e. The largest absolute Gasteiger partial charge is 0.466 e. The molecule has 3 aliphatic carbocycles. The van der Waals surface area contributed by atoms with Crippen molar-refractivity contribution in [1.82, 2.24) is 0 Å². The molecule has 0 saturated heterocycles. The van der Waals surface area contributed by atoms with Gasteiger partial charge in [0.05, 0.1) is 30.0 Å². The molecule has 4 atom stereocenters. The molecule has 0 spiro atoms. The lowest BCUT2D eigenvalue weighted by Gasteiger charge is -2.43. The summed E-state index contributed by atoms with van der Waals surface area (Å²) < 4.78 is 10.3. The Labute approximate surface area is 144 Å². The average molecular weight is 345 g/mol. The molecule has 0 fully saturated rings. The number of rotatable bonds is 5. The quantitative estimate of drug-likeness (QED) is 0.352. The Morgan fingerprint density at radius 3 is 2.16 bits per heavy atom. The van der Waals surface area contributed by atoms with Crippen molar-refractivity contribution in [3.05, 3.63) is 51.6 Å². The van der Waals surface area contributed by atoms with Crippen LogP contribution in [-0.2, 0) is 19.1 Å². The Bertz CT molecular complexity index is 756. The summed E-state index contributed by atoms with van der Waals surface area (Å²) in [5, 5.41) is 11.4. The van der Waals surface area contributed by atoms with Crippen LogP contribution in [0.2, 0.25) is 0 Å². The topological polar surface area (TPSA) is 95.7 Å². The van der Waals surface area contributed by atoms with E-state index in [0.29, 0.717) is 11.1 Å². The van der Waals surface area contributed by atoms with Crippen LogP contribution in [0.25, 0.3) is 0 Å². The summed E-state index contributed by atoms with van der Waals surface area (Å²) in [5.41, 5.74) is 1.17. The predicted molar refractivity (Wildman–Crippen MR) is 88.0 cm³/mol. The Balaban J connectivity index is 2.15. The molecule has 0 aromatic heterocycles. The van der Waals surface area contributed by atoms with Crippen LogP contribution in [-0.4, -0.2) is 30.1 Å². The first-order chi connectivity index (χ1) is 12.0. The molecule has 1 aromatic rings. The molecule has 7 nitrogen and oxygen atoms in total. The Morgan fingerprint density at radius 1 is 1.04 bits per heavy atom. The molecule has 4 unspecified atom stereocenters. The number of nitro groups is 1. The Hall–Kier alpha value is -2.70. The first-order valence-corrected chi connectivity index (χ1v) is 8.30. The van der Waals surface area contributed by atoms with E-state index in [1.165, 1.54) is 6.07 Å². The fourth-order valence-electron chi connectivity index (χ4n) is 3.95. The number of ether oxygens (including phenoxy) is 2. The van der Waals surface area contributed by atoms with E-state index in [-0.39, 0.29) is 18.9 Å². The van der Waals surface area contributed by atoms with Gasteiger partial charge in [0.25, 0.3) is 5.69 Å². The molecule has 0 heterocycles. The minimum Gasteiger partial charge on any atom is -0.466 e. The second kappa shape index (κ2) is 6.66. The summed E-state index contributed by atoms with van der Waals surface area (Å²) in [4.78, 5) is 36.1. The second-order valence-electron chi connectivity index (χ2n) is 6.03. The van der Waals surface area contributed by atoms with E-state index in [1.54, 1.807) is 32.1 Å². The van der Waals surface area contributed by atoms with E-state index in [4.69, 9.17) is 9.47 Å². The molecule has 132 valence electrons. The van der Waals surface area contributed by atoms with Crippen LogP contribution in [0.5, 0.6) is 0 Å². The lowest BCUT2D eigenvalue weighted by molar-refractivity contribution is -0.385. The number of fused-ring (bicyclic) bond motifs is 1. The highest BCUT2D eigenvalue weighted by molar-refractivity contribution is 5.87. The number of nitrogens with zero attached hydrogens (tertiary/aromatic N) is 1. The van der Waals surface area contributed by atoms with Gasteiger partial charge in [0.15, 0.2) is 0 Å². The zero-order chi connectivity index (χ0) is 18.1. The third-order valence-corrected chi connectivity index (χ3v) is 4.81. The second-order valence-corrected chi connectivity index (χ2v) is 6.03. The molecule has 2 bridgehead atoms. The molecule has 4 rings (SSSR count). The van der Waals surface area contributed by atoms with E-state index in [1.807, 2.05) is 6.08 Å². The first-order valence-electron chi connectivity index (χ1n) is 8.30. The van der Waals surface area contributed by atoms with Gasteiger partial charge >= 0.3 is 11.9 Å². The first kappa shape index (κ1) is 17.1. The van der Waals surface area contributed by atoms with Crippen LogP contribution in [0.3, 0.4) is 0 Å². The van der Waals surface area contributed by atoms with Crippen LogP contribution in [0.1, 0.15) is 36.8 Å². The van der Waals surface area contributed by atoms with Gasteiger partial charge in [0.2, 0.25) is 0 Å². The van der Waals surface area contributed by atoms with Crippen LogP contribution < -0.4 is 0 Å². The van der Waals surface area contributed by atoms with Crippen molar-refractivity contribution in [3.63, 3.8) is 0 Å². The van der Waals surface area contributed by atoms with Gasteiger partial charge in [-0.1, -0.05) is 24.3 Å². The fourth-order valence-corrected chi connectivity index (χ4v) is 3.95. The van der Waals surface area contributed by atoms with Crippen molar-refractivity contribution in [2.75, 3.05) is 13.2 Å². The summed E-state index contributed by atoms with van der Waals surface area (Å²) in [6, 6.07) is 4.80. The van der Waals surface area contributed by atoms with E-state index in [2.05, 4.69) is 0 Å². The van der Waals surface area contributed by atoms with E-state index < -0.39 is 40.5 Å². The van der Waals surface area contributed by atoms with Crippen molar-refractivity contribution in [1.29, 1.82) is 0 Å². The Kier molecular flexibility index (Phi) is 4.57. The number of hydrogen-bond acceptors (Lipinski definition) is 6. The van der Waals surface area contributed by atoms with Crippen molar-refractivity contribution in [2.24, 2.45) is 11.8 Å². The fraction of sp³-hybridized carbons (Fsp3) is 0.444. The molecule has 0 aliphatic heterocycles. The lowest BCUT2D eigenvalue weighted by atomic mass is 9.59. The maximum Gasteiger partial charge on any atom is 0.310 e. The van der Waals surface area contributed by atoms with E-state index in [0.717, 1.165) is 0 Å². The predicted octanol–water partition coefficient (Wildman–Crippen LogP) is 2.70. The van der Waals surface area contributed by atoms with Crippen LogP contribution in [0.4, 0.5) is 5.69 Å². The number of carbonyl (C=O) groups is 2. The summed E-state index contributed by atoms with van der Waals surface area (Å²) in [6.07, 6.45) is 3.62. The van der Waals surface area contributed by atoms with Gasteiger partial charge in [-0.3, -0.25) is 19.7 Å². The third-order valence-electron chi connectivity index (χ3n) is 4.81. The average Bonchev–Trinajstić information content (AvgIpc) is 2.61. The number of nitro benzene ring substituents is 1. The zero-order valence-corrected chi connectivity index (χ0v) is 14.0. The number of esters is 2. The molecule has 3 aliphatic rings. The minimum absolute atomic E-state index is 0.0338. The van der Waals surface area contributed by atoms with Crippen LogP contribution in [0.15, 0.2) is 30.4 Å². The van der Waals surface area contributed by atoms with Crippen molar-refractivity contribution in [3.8, 4) is 0 Å². The maximum atomic E-state index is 12.6. The molecular weight excluding hydrogens is 326 g/mol. The van der Waals surface area contributed by atoms with Crippen LogP contribution in [0, 0.1) is 22.0 Å². The van der Waals surface area contributed by atoms with Crippen molar-refractivity contribution in [2.45, 2.75) is 25.7 Å². The summed E-state index contributed by atoms with van der Waals surface area (Å²) in [7, 11) is 0. The van der Waals surface area contributed by atoms with E-state index >= 15 is 0 Å². The lowest BCUT2D eigenvalue weighted by Crippen LogP contribution is -2.45. The number of benzene rings is 1. The third kappa shape index (κ3) is 2.69. The van der Waals surface area contributed by atoms with E-state index in [9.17, 15) is 19.7 Å². The van der Waals surface area contributed by atoms with Gasteiger partial charge in [0, 0.05) is 23.5 Å². The number of hydrogen-bond donors (Lipinski definition) is 0. The monoisotopic (exact) mass is 345 g/mol. The molecule has 0 saturated carbocycles. The molecule has 0 amide bonds. The number of allylic oxidation sites excluding steroid dienone is 2. The van der Waals surface area contributed by atoms with Gasteiger partial charge in [-0.25, -0.2) is 0 Å². The van der Waals surface area contributed by atoms with Gasteiger partial charge < -0.3 is 9.47 Å². The standard InChI is InChI=1S/C18H19NO6/c1-3-24-17(20)15-11-8-9-12(16(15)18(21)25-4-2)14-10(11)6-5-7-13(14)19(22)23/h5-9,11-12,15-16H,3-4H2,1-2H3. The van der Waals surface area contributed by atoms with Crippen LogP contribution >= 0.6 is 0 Å². The highest BCUT2D eigenvalue weighted by Gasteiger charge is 2.54. The summed E-state index contributed by atoms with van der Waals surface area (Å²) >= 11 is 0. The maximum absolute atomic E-state index is 12.6. The minimum atomic E-state index is -0.817.